The Morgan fingerprint density at radius 1 is 1.15 bits per heavy atom. The van der Waals surface area contributed by atoms with Crippen LogP contribution in [-0.4, -0.2) is 31.3 Å². The number of rotatable bonds is 5. The number of fused-ring (bicyclic) bond motifs is 1. The van der Waals surface area contributed by atoms with Crippen LogP contribution in [0.25, 0.3) is 0 Å². The summed E-state index contributed by atoms with van der Waals surface area (Å²) < 4.78 is 11.0. The summed E-state index contributed by atoms with van der Waals surface area (Å²) in [6.07, 6.45) is 4.58. The number of nitrogen functional groups attached to an aromatic ring is 1. The van der Waals surface area contributed by atoms with Crippen molar-refractivity contribution < 1.29 is 14.3 Å². The van der Waals surface area contributed by atoms with E-state index in [0.717, 1.165) is 17.7 Å². The summed E-state index contributed by atoms with van der Waals surface area (Å²) in [6.45, 7) is 1.43. The normalized spacial score (nSPS) is 25.7. The maximum absolute atomic E-state index is 12.6. The fourth-order valence-corrected chi connectivity index (χ4v) is 4.23. The van der Waals surface area contributed by atoms with E-state index in [0.29, 0.717) is 13.2 Å². The van der Waals surface area contributed by atoms with Gasteiger partial charge in [0.05, 0.1) is 6.61 Å². The molecule has 1 aliphatic heterocycles. The Morgan fingerprint density at radius 3 is 2.59 bits per heavy atom. The lowest BCUT2D eigenvalue weighted by molar-refractivity contribution is 0.0785. The fourth-order valence-electron chi connectivity index (χ4n) is 4.23. The lowest BCUT2D eigenvalue weighted by Crippen LogP contribution is -2.40. The molecule has 1 aliphatic carbocycles. The van der Waals surface area contributed by atoms with Gasteiger partial charge in [-0.1, -0.05) is 48.5 Å². The Hall–Kier alpha value is -2.79. The third kappa shape index (κ3) is 3.08. The molecule has 1 heterocycles. The molecule has 4 rings (SSSR count). The van der Waals surface area contributed by atoms with Crippen LogP contribution in [0.2, 0.25) is 0 Å². The van der Waals surface area contributed by atoms with E-state index in [-0.39, 0.29) is 23.5 Å². The Morgan fingerprint density at radius 2 is 1.89 bits per heavy atom. The number of hydrogen-bond acceptors (Lipinski definition) is 4. The van der Waals surface area contributed by atoms with Crippen molar-refractivity contribution in [2.45, 2.75) is 18.4 Å². The SMILES string of the molecule is COCC12CN(C(=O)OCc3ccccc3)C=CC1(c1ccc(N)cc1)C2. The third-order valence-electron chi connectivity index (χ3n) is 5.74. The number of nitrogens with two attached hydrogens (primary N) is 1. The molecule has 0 radical (unpaired) electrons. The molecule has 0 aromatic heterocycles. The molecular formula is C22H24N2O3. The van der Waals surface area contributed by atoms with Gasteiger partial charge in [0.25, 0.3) is 0 Å². The number of benzene rings is 2. The van der Waals surface area contributed by atoms with Crippen LogP contribution in [0.15, 0.2) is 66.9 Å². The van der Waals surface area contributed by atoms with E-state index in [1.807, 2.05) is 48.7 Å². The summed E-state index contributed by atoms with van der Waals surface area (Å²) in [7, 11) is 1.71. The number of amides is 1. The van der Waals surface area contributed by atoms with E-state index in [1.165, 1.54) is 5.56 Å². The number of nitrogens with zero attached hydrogens (tertiary/aromatic N) is 1. The minimum absolute atomic E-state index is 0.104. The van der Waals surface area contributed by atoms with Gasteiger partial charge in [-0.05, 0) is 29.7 Å². The highest BCUT2D eigenvalue weighted by molar-refractivity contribution is 5.70. The van der Waals surface area contributed by atoms with Crippen LogP contribution in [0, 0.1) is 5.41 Å². The molecular weight excluding hydrogens is 340 g/mol. The number of allylic oxidation sites excluding steroid dienone is 1. The first-order chi connectivity index (χ1) is 13.1. The Labute approximate surface area is 159 Å². The quantitative estimate of drug-likeness (QED) is 0.822. The second-order valence-electron chi connectivity index (χ2n) is 7.47. The van der Waals surface area contributed by atoms with Gasteiger partial charge in [0.1, 0.15) is 6.61 Å². The first kappa shape index (κ1) is 17.6. The molecule has 1 fully saturated rings. The maximum atomic E-state index is 12.6. The molecule has 27 heavy (non-hydrogen) atoms. The second-order valence-corrected chi connectivity index (χ2v) is 7.47. The summed E-state index contributed by atoms with van der Waals surface area (Å²) in [4.78, 5) is 14.2. The van der Waals surface area contributed by atoms with Crippen molar-refractivity contribution in [2.75, 3.05) is 26.0 Å². The molecule has 5 heteroatoms. The molecule has 2 N–H and O–H groups in total. The fraction of sp³-hybridized carbons (Fsp3) is 0.318. The summed E-state index contributed by atoms with van der Waals surface area (Å²) >= 11 is 0. The minimum atomic E-state index is -0.330. The lowest BCUT2D eigenvalue weighted by Gasteiger charge is -2.32. The van der Waals surface area contributed by atoms with Crippen molar-refractivity contribution in [1.82, 2.24) is 4.90 Å². The van der Waals surface area contributed by atoms with E-state index < -0.39 is 0 Å². The molecule has 2 aromatic rings. The summed E-state index contributed by atoms with van der Waals surface area (Å²) in [5, 5.41) is 0. The van der Waals surface area contributed by atoms with Crippen LogP contribution in [0.3, 0.4) is 0 Å². The average molecular weight is 364 g/mol. The van der Waals surface area contributed by atoms with Crippen LogP contribution in [0.5, 0.6) is 0 Å². The summed E-state index contributed by atoms with van der Waals surface area (Å²) in [5.74, 6) is 0. The van der Waals surface area contributed by atoms with Gasteiger partial charge in [0.15, 0.2) is 0 Å². The average Bonchev–Trinajstić information content (AvgIpc) is 3.36. The van der Waals surface area contributed by atoms with E-state index in [2.05, 4.69) is 18.2 Å². The van der Waals surface area contributed by atoms with Crippen LogP contribution in [0.4, 0.5) is 10.5 Å². The summed E-state index contributed by atoms with van der Waals surface area (Å²) in [6, 6.07) is 17.7. The zero-order valence-electron chi connectivity index (χ0n) is 15.4. The van der Waals surface area contributed by atoms with Gasteiger partial charge >= 0.3 is 6.09 Å². The predicted molar refractivity (Wildman–Crippen MR) is 104 cm³/mol. The second kappa shape index (κ2) is 6.74. The molecule has 2 aliphatic rings. The number of methoxy groups -OCH3 is 1. The molecule has 0 spiro atoms. The van der Waals surface area contributed by atoms with Crippen molar-refractivity contribution in [2.24, 2.45) is 5.41 Å². The number of carbonyl (C=O) groups is 1. The van der Waals surface area contributed by atoms with Gasteiger partial charge in [0, 0.05) is 36.4 Å². The number of hydrogen-bond donors (Lipinski definition) is 1. The Balaban J connectivity index is 1.51. The van der Waals surface area contributed by atoms with Gasteiger partial charge in [-0.15, -0.1) is 0 Å². The van der Waals surface area contributed by atoms with E-state index in [4.69, 9.17) is 15.2 Å². The Bertz CT molecular complexity index is 850. The van der Waals surface area contributed by atoms with Crippen molar-refractivity contribution >= 4 is 11.8 Å². The predicted octanol–water partition coefficient (Wildman–Crippen LogP) is 3.71. The molecule has 1 amide bonds. The zero-order valence-corrected chi connectivity index (χ0v) is 15.4. The molecule has 0 bridgehead atoms. The highest BCUT2D eigenvalue weighted by Crippen LogP contribution is 2.67. The van der Waals surface area contributed by atoms with E-state index in [9.17, 15) is 4.79 Å². The van der Waals surface area contributed by atoms with Crippen LogP contribution < -0.4 is 5.73 Å². The maximum Gasteiger partial charge on any atom is 0.414 e. The smallest absolute Gasteiger partial charge is 0.414 e. The van der Waals surface area contributed by atoms with Gasteiger partial charge in [-0.2, -0.15) is 0 Å². The van der Waals surface area contributed by atoms with Gasteiger partial charge < -0.3 is 15.2 Å². The largest absolute Gasteiger partial charge is 0.444 e. The number of ether oxygens (including phenoxy) is 2. The molecule has 1 saturated carbocycles. The molecule has 2 atom stereocenters. The zero-order chi connectivity index (χ0) is 18.9. The van der Waals surface area contributed by atoms with Crippen molar-refractivity contribution in [3.05, 3.63) is 78.0 Å². The standard InChI is InChI=1S/C22H24N2O3/c1-26-16-21-14-22(21,18-7-9-19(23)10-8-18)11-12-24(15-21)20(25)27-13-17-5-3-2-4-6-17/h2-12H,13-16,23H2,1H3. The molecule has 2 unspecified atom stereocenters. The molecule has 2 aromatic carbocycles. The van der Waals surface area contributed by atoms with E-state index >= 15 is 0 Å². The van der Waals surface area contributed by atoms with Crippen LogP contribution in [0.1, 0.15) is 17.5 Å². The molecule has 5 nitrogen and oxygen atoms in total. The van der Waals surface area contributed by atoms with Gasteiger partial charge in [0.2, 0.25) is 0 Å². The first-order valence-corrected chi connectivity index (χ1v) is 9.10. The minimum Gasteiger partial charge on any atom is -0.444 e. The van der Waals surface area contributed by atoms with Crippen LogP contribution in [-0.2, 0) is 21.5 Å². The van der Waals surface area contributed by atoms with Gasteiger partial charge in [-0.3, -0.25) is 4.90 Å². The number of anilines is 1. The molecule has 140 valence electrons. The first-order valence-electron chi connectivity index (χ1n) is 9.10. The van der Waals surface area contributed by atoms with Crippen molar-refractivity contribution in [1.29, 1.82) is 0 Å². The van der Waals surface area contributed by atoms with Gasteiger partial charge in [-0.25, -0.2) is 4.79 Å². The van der Waals surface area contributed by atoms with Crippen molar-refractivity contribution in [3.8, 4) is 0 Å². The topological polar surface area (TPSA) is 64.8 Å². The highest BCUT2D eigenvalue weighted by Gasteiger charge is 2.68. The Kier molecular flexibility index (Phi) is 4.40. The molecule has 0 saturated heterocycles. The number of carbonyl (C=O) groups excluding carboxylic acids is 1. The third-order valence-corrected chi connectivity index (χ3v) is 5.74. The van der Waals surface area contributed by atoms with E-state index in [1.54, 1.807) is 12.0 Å². The summed E-state index contributed by atoms with van der Waals surface area (Å²) in [5.41, 5.74) is 8.54. The lowest BCUT2D eigenvalue weighted by atomic mass is 9.84. The monoisotopic (exact) mass is 364 g/mol. The van der Waals surface area contributed by atoms with Crippen molar-refractivity contribution in [3.63, 3.8) is 0 Å². The van der Waals surface area contributed by atoms with Crippen LogP contribution >= 0.6 is 0 Å². The highest BCUT2D eigenvalue weighted by atomic mass is 16.6.